The third-order valence-corrected chi connectivity index (χ3v) is 6.18. The van der Waals surface area contributed by atoms with Crippen LogP contribution in [0.3, 0.4) is 0 Å². The van der Waals surface area contributed by atoms with Crippen molar-refractivity contribution in [2.75, 3.05) is 65.6 Å². The van der Waals surface area contributed by atoms with Crippen LogP contribution < -0.4 is 5.32 Å². The van der Waals surface area contributed by atoms with Gasteiger partial charge in [-0.3, -0.25) is 19.5 Å². The molecule has 0 bridgehead atoms. The lowest BCUT2D eigenvalue weighted by molar-refractivity contribution is -0.123. The Morgan fingerprint density at radius 2 is 1.79 bits per heavy atom. The van der Waals surface area contributed by atoms with E-state index in [9.17, 15) is 9.18 Å². The SMILES string of the molecule is CC(C)(CNC(=O)CN1CCN(Cc2ccc(F)cc2Cl)CC1)N1CCOCC1. The summed E-state index contributed by atoms with van der Waals surface area (Å²) < 4.78 is 18.6. The Kier molecular flexibility index (Phi) is 7.87. The molecule has 162 valence electrons. The number of nitrogens with zero attached hydrogens (tertiary/aromatic N) is 3. The summed E-state index contributed by atoms with van der Waals surface area (Å²) in [5, 5.41) is 3.57. The van der Waals surface area contributed by atoms with Crippen molar-refractivity contribution in [2.45, 2.75) is 25.9 Å². The molecule has 1 aromatic carbocycles. The van der Waals surface area contributed by atoms with Crippen molar-refractivity contribution in [1.82, 2.24) is 20.0 Å². The number of morpholine rings is 1. The zero-order chi connectivity index (χ0) is 20.9. The Morgan fingerprint density at radius 1 is 1.14 bits per heavy atom. The van der Waals surface area contributed by atoms with E-state index >= 15 is 0 Å². The molecule has 1 N–H and O–H groups in total. The molecule has 0 unspecified atom stereocenters. The average molecular weight is 427 g/mol. The van der Waals surface area contributed by atoms with Gasteiger partial charge in [0.25, 0.3) is 0 Å². The van der Waals surface area contributed by atoms with Crippen molar-refractivity contribution in [3.8, 4) is 0 Å². The van der Waals surface area contributed by atoms with Crippen molar-refractivity contribution < 1.29 is 13.9 Å². The van der Waals surface area contributed by atoms with Gasteiger partial charge in [0, 0.05) is 62.9 Å². The third-order valence-electron chi connectivity index (χ3n) is 5.83. The van der Waals surface area contributed by atoms with E-state index in [1.807, 2.05) is 0 Å². The number of halogens is 2. The first-order valence-electron chi connectivity index (χ1n) is 10.3. The van der Waals surface area contributed by atoms with Crippen LogP contribution in [0.5, 0.6) is 0 Å². The van der Waals surface area contributed by atoms with Gasteiger partial charge in [-0.1, -0.05) is 17.7 Å². The van der Waals surface area contributed by atoms with Gasteiger partial charge in [-0.15, -0.1) is 0 Å². The second-order valence-corrected chi connectivity index (χ2v) is 8.88. The summed E-state index contributed by atoms with van der Waals surface area (Å²) in [5.41, 5.74) is 0.858. The van der Waals surface area contributed by atoms with E-state index in [-0.39, 0.29) is 17.3 Å². The number of carbonyl (C=O) groups excluding carboxylic acids is 1. The first kappa shape index (κ1) is 22.4. The second kappa shape index (κ2) is 10.2. The van der Waals surface area contributed by atoms with Gasteiger partial charge < -0.3 is 10.1 Å². The fourth-order valence-electron chi connectivity index (χ4n) is 3.85. The number of nitrogens with one attached hydrogen (secondary N) is 1. The van der Waals surface area contributed by atoms with Crippen LogP contribution in [0.1, 0.15) is 19.4 Å². The molecule has 0 aliphatic carbocycles. The van der Waals surface area contributed by atoms with E-state index in [0.29, 0.717) is 24.7 Å². The number of piperazine rings is 1. The molecular weight excluding hydrogens is 395 g/mol. The molecule has 3 rings (SSSR count). The molecule has 1 aromatic rings. The van der Waals surface area contributed by atoms with E-state index in [4.69, 9.17) is 16.3 Å². The van der Waals surface area contributed by atoms with Gasteiger partial charge in [-0.25, -0.2) is 4.39 Å². The van der Waals surface area contributed by atoms with Crippen LogP contribution in [0.4, 0.5) is 4.39 Å². The molecule has 6 nitrogen and oxygen atoms in total. The molecule has 2 heterocycles. The maximum atomic E-state index is 13.2. The van der Waals surface area contributed by atoms with Gasteiger partial charge in [-0.2, -0.15) is 0 Å². The molecule has 1 amide bonds. The van der Waals surface area contributed by atoms with Gasteiger partial charge >= 0.3 is 0 Å². The molecule has 0 radical (unpaired) electrons. The minimum absolute atomic E-state index is 0.0707. The van der Waals surface area contributed by atoms with E-state index in [0.717, 1.165) is 58.0 Å². The Hall–Kier alpha value is -1.25. The fourth-order valence-corrected chi connectivity index (χ4v) is 4.08. The molecule has 2 aliphatic rings. The van der Waals surface area contributed by atoms with E-state index in [1.165, 1.54) is 12.1 Å². The number of amides is 1. The molecule has 8 heteroatoms. The average Bonchev–Trinajstić information content (AvgIpc) is 2.71. The van der Waals surface area contributed by atoms with Crippen LogP contribution >= 0.6 is 11.6 Å². The lowest BCUT2D eigenvalue weighted by atomic mass is 10.0. The molecule has 0 aromatic heterocycles. The van der Waals surface area contributed by atoms with Crippen LogP contribution in [-0.4, -0.2) is 91.7 Å². The first-order chi connectivity index (χ1) is 13.8. The highest BCUT2D eigenvalue weighted by molar-refractivity contribution is 6.31. The zero-order valence-corrected chi connectivity index (χ0v) is 18.2. The minimum Gasteiger partial charge on any atom is -0.379 e. The number of hydrogen-bond donors (Lipinski definition) is 1. The van der Waals surface area contributed by atoms with E-state index in [2.05, 4.69) is 33.9 Å². The summed E-state index contributed by atoms with van der Waals surface area (Å²) in [6.07, 6.45) is 0. The summed E-state index contributed by atoms with van der Waals surface area (Å²) in [6, 6.07) is 4.55. The molecule has 2 fully saturated rings. The number of carbonyl (C=O) groups is 1. The van der Waals surface area contributed by atoms with E-state index in [1.54, 1.807) is 6.07 Å². The minimum atomic E-state index is -0.314. The van der Waals surface area contributed by atoms with Crippen LogP contribution in [0.15, 0.2) is 18.2 Å². The predicted molar refractivity (Wildman–Crippen MR) is 113 cm³/mol. The Balaban J connectivity index is 1.38. The first-order valence-corrected chi connectivity index (χ1v) is 10.7. The Labute approximate surface area is 177 Å². The van der Waals surface area contributed by atoms with Crippen LogP contribution in [0.25, 0.3) is 0 Å². The number of benzene rings is 1. The van der Waals surface area contributed by atoms with Crippen molar-refractivity contribution in [2.24, 2.45) is 0 Å². The lowest BCUT2D eigenvalue weighted by Gasteiger charge is -2.41. The Morgan fingerprint density at radius 3 is 2.45 bits per heavy atom. The molecule has 29 heavy (non-hydrogen) atoms. The summed E-state index contributed by atoms with van der Waals surface area (Å²) in [4.78, 5) is 19.3. The summed E-state index contributed by atoms with van der Waals surface area (Å²) in [6.45, 7) is 12.8. The quantitative estimate of drug-likeness (QED) is 0.720. The highest BCUT2D eigenvalue weighted by atomic mass is 35.5. The van der Waals surface area contributed by atoms with Crippen molar-refractivity contribution in [3.05, 3.63) is 34.6 Å². The fraction of sp³-hybridized carbons (Fsp3) is 0.667. The molecule has 2 saturated heterocycles. The second-order valence-electron chi connectivity index (χ2n) is 8.48. The topological polar surface area (TPSA) is 48.1 Å². The number of hydrogen-bond acceptors (Lipinski definition) is 5. The van der Waals surface area contributed by atoms with Crippen molar-refractivity contribution >= 4 is 17.5 Å². The van der Waals surface area contributed by atoms with Crippen LogP contribution in [-0.2, 0) is 16.1 Å². The maximum Gasteiger partial charge on any atom is 0.234 e. The molecule has 0 saturated carbocycles. The van der Waals surface area contributed by atoms with Crippen LogP contribution in [0.2, 0.25) is 5.02 Å². The highest BCUT2D eigenvalue weighted by Crippen LogP contribution is 2.20. The normalized spacial score (nSPS) is 20.0. The largest absolute Gasteiger partial charge is 0.379 e. The van der Waals surface area contributed by atoms with Gasteiger partial charge in [-0.05, 0) is 31.5 Å². The predicted octanol–water partition coefficient (Wildman–Crippen LogP) is 1.82. The third kappa shape index (κ3) is 6.62. The van der Waals surface area contributed by atoms with Crippen molar-refractivity contribution in [1.29, 1.82) is 0 Å². The number of rotatable bonds is 7. The smallest absolute Gasteiger partial charge is 0.234 e. The van der Waals surface area contributed by atoms with Gasteiger partial charge in [0.05, 0.1) is 19.8 Å². The van der Waals surface area contributed by atoms with Crippen molar-refractivity contribution in [3.63, 3.8) is 0 Å². The monoisotopic (exact) mass is 426 g/mol. The van der Waals surface area contributed by atoms with Gasteiger partial charge in [0.2, 0.25) is 5.91 Å². The Bertz CT molecular complexity index is 689. The summed E-state index contributed by atoms with van der Waals surface area (Å²) >= 11 is 6.13. The molecular formula is C21H32ClFN4O2. The summed E-state index contributed by atoms with van der Waals surface area (Å²) in [7, 11) is 0. The van der Waals surface area contributed by atoms with Gasteiger partial charge in [0.1, 0.15) is 5.82 Å². The van der Waals surface area contributed by atoms with Gasteiger partial charge in [0.15, 0.2) is 0 Å². The number of ether oxygens (including phenoxy) is 1. The standard InChI is InChI=1S/C21H32ClFN4O2/c1-21(2,27-9-11-29-12-10-27)16-24-20(28)15-26-7-5-25(6-8-26)14-17-3-4-18(23)13-19(17)22/h3-4,13H,5-12,14-16H2,1-2H3,(H,24,28). The molecule has 2 aliphatic heterocycles. The lowest BCUT2D eigenvalue weighted by Crippen LogP contribution is -2.56. The van der Waals surface area contributed by atoms with E-state index < -0.39 is 0 Å². The van der Waals surface area contributed by atoms with Crippen LogP contribution in [0, 0.1) is 5.82 Å². The molecule has 0 atom stereocenters. The molecule has 0 spiro atoms. The highest BCUT2D eigenvalue weighted by Gasteiger charge is 2.29. The zero-order valence-electron chi connectivity index (χ0n) is 17.4. The maximum absolute atomic E-state index is 13.2. The summed E-state index contributed by atoms with van der Waals surface area (Å²) in [5.74, 6) is -0.243.